The van der Waals surface area contributed by atoms with Gasteiger partial charge in [-0.25, -0.2) is 0 Å². The van der Waals surface area contributed by atoms with Crippen molar-refractivity contribution in [1.29, 1.82) is 0 Å². The summed E-state index contributed by atoms with van der Waals surface area (Å²) in [5, 5.41) is 13.5. The fourth-order valence-electron chi connectivity index (χ4n) is 10.8. The van der Waals surface area contributed by atoms with Crippen LogP contribution in [0.25, 0.3) is 65.0 Å². The molecule has 570 valence electrons. The van der Waals surface area contributed by atoms with Crippen LogP contribution in [0.3, 0.4) is 0 Å². The molecule has 0 fully saturated rings. The molecular weight excluding hydrogens is 1250 g/mol. The van der Waals surface area contributed by atoms with Gasteiger partial charge in [-0.1, -0.05) is 434 Å². The monoisotopic (exact) mass is 1400 g/mol. The van der Waals surface area contributed by atoms with Crippen LogP contribution in [-0.2, 0) is 64.2 Å². The number of aryl methyl sites for hydroxylation is 8. The highest BCUT2D eigenvalue weighted by Gasteiger charge is 2.06. The molecule has 0 aromatic heterocycles. The van der Waals surface area contributed by atoms with Gasteiger partial charge < -0.3 is 0 Å². The molecule has 0 saturated heterocycles. The Hall–Kier alpha value is -8.06. The van der Waals surface area contributed by atoms with Crippen LogP contribution in [0.5, 0.6) is 0 Å². The van der Waals surface area contributed by atoms with Crippen LogP contribution in [0.4, 0.5) is 0 Å². The van der Waals surface area contributed by atoms with Gasteiger partial charge in [0.2, 0.25) is 0 Å². The zero-order valence-corrected chi connectivity index (χ0v) is 73.0. The molecule has 0 atom stereocenters. The third-order valence-corrected chi connectivity index (χ3v) is 16.2. The van der Waals surface area contributed by atoms with Crippen LogP contribution in [0, 0.1) is 0 Å². The van der Waals surface area contributed by atoms with E-state index in [9.17, 15) is 0 Å². The Morgan fingerprint density at radius 2 is 0.308 bits per heavy atom. The van der Waals surface area contributed by atoms with Crippen LogP contribution in [-0.4, -0.2) is 0 Å². The zero-order chi connectivity index (χ0) is 79.8. The van der Waals surface area contributed by atoms with E-state index in [-0.39, 0.29) is 0 Å². The normalized spacial score (nSPS) is 9.15. The van der Waals surface area contributed by atoms with Gasteiger partial charge in [-0.3, -0.25) is 0 Å². The third-order valence-electron chi connectivity index (χ3n) is 16.2. The second-order valence-electron chi connectivity index (χ2n) is 21.6. The van der Waals surface area contributed by atoms with Gasteiger partial charge in [0.25, 0.3) is 0 Å². The van der Waals surface area contributed by atoms with Crippen molar-refractivity contribution in [1.82, 2.24) is 0 Å². The quantitative estimate of drug-likeness (QED) is 0.0797. The molecule has 0 spiro atoms. The van der Waals surface area contributed by atoms with E-state index >= 15 is 0 Å². The van der Waals surface area contributed by atoms with Gasteiger partial charge in [0.05, 0.1) is 0 Å². The number of hydrogen-bond acceptors (Lipinski definition) is 0. The van der Waals surface area contributed by atoms with E-state index in [4.69, 9.17) is 0 Å². The molecule has 0 heterocycles. The highest BCUT2D eigenvalue weighted by atomic mass is 14.1. The zero-order valence-electron chi connectivity index (χ0n) is 73.0. The summed E-state index contributed by atoms with van der Waals surface area (Å²) >= 11 is 0. The van der Waals surface area contributed by atoms with Crippen molar-refractivity contribution in [2.75, 3.05) is 0 Å². The average Bonchev–Trinajstić information content (AvgIpc) is 0.791. The average molecular weight is 1400 g/mol. The molecule has 0 aliphatic heterocycles. The van der Waals surface area contributed by atoms with Crippen LogP contribution < -0.4 is 0 Å². The Morgan fingerprint density at radius 1 is 0.135 bits per heavy atom. The van der Waals surface area contributed by atoms with Crippen LogP contribution in [0.2, 0.25) is 0 Å². The summed E-state index contributed by atoms with van der Waals surface area (Å²) in [6, 6.07) is 85.7. The predicted octanol–water partition coefficient (Wildman–Crippen LogP) is 34.2. The minimum atomic E-state index is 1.01. The van der Waals surface area contributed by atoms with Crippen LogP contribution >= 0.6 is 0 Å². The summed E-state index contributed by atoms with van der Waals surface area (Å²) in [5.74, 6) is 0. The highest BCUT2D eigenvalue weighted by molar-refractivity contribution is 6.07. The lowest BCUT2D eigenvalue weighted by Gasteiger charge is -2.07. The molecule has 0 unspecified atom stereocenters. The first-order valence-corrected chi connectivity index (χ1v) is 41.9. The molecule has 0 heteroatoms. The van der Waals surface area contributed by atoms with E-state index in [0.29, 0.717) is 0 Å². The fraction of sp³-hybridized carbons (Fsp3) is 0.404. The van der Waals surface area contributed by atoms with E-state index in [0.717, 1.165) is 64.2 Å². The minimum Gasteiger partial charge on any atom is -0.0683 e. The standard InChI is InChI=1S/C24H26.C20H20.2C18H18.12C2H6/c1-3-19-5-9-21(10-6-19)17-23-13-15-24(16-14-23)18-22-11-7-20(4-2)8-12-22;1-3-15-5-8-17(9-6-15)19-12-11-18-13-16(4-2)7-10-20(18)14-19;1-3-13-5-9-17-15(11-13)7-8-16-12-14(4-2)6-10-18(16)17;1-3-13-5-7-15-12-18-10-14(4-2)6-8-16(18)11-17(15)9-13;12*1-2/h5-16H,3-4,17-18H2,1-2H3;5-14H,3-4H2,1-2H3;2*5-12H,3-4H2,1-2H3;12*1-2H3. The molecule has 0 bridgehead atoms. The van der Waals surface area contributed by atoms with Gasteiger partial charge in [0, 0.05) is 0 Å². The van der Waals surface area contributed by atoms with E-state index in [1.807, 2.05) is 166 Å². The maximum Gasteiger partial charge on any atom is -0.00258 e. The van der Waals surface area contributed by atoms with Crippen molar-refractivity contribution < 1.29 is 0 Å². The van der Waals surface area contributed by atoms with E-state index in [1.165, 1.54) is 132 Å². The first-order valence-electron chi connectivity index (χ1n) is 41.9. The molecule has 12 aromatic rings. The predicted molar refractivity (Wildman–Crippen MR) is 488 cm³/mol. The molecule has 12 aromatic carbocycles. The SMILES string of the molecule is CC.CC.CC.CC.CC.CC.CC.CC.CC.CC.CC.CC.CCc1ccc(-c2ccc3cc(CC)ccc3c2)cc1.CCc1ccc(Cc2ccc(Cc3ccc(CC)cc3)cc2)cc1.CCc1ccc2c(ccc3cc(CC)ccc32)c1.CCc1ccc2cc3cc(CC)ccc3cc2c1. The molecule has 0 N–H and O–H groups in total. The molecule has 0 saturated carbocycles. The maximum absolute atomic E-state index is 2.31. The largest absolute Gasteiger partial charge is 0.0683 e. The smallest absolute Gasteiger partial charge is 0.00258 e. The van der Waals surface area contributed by atoms with Gasteiger partial charge in [-0.2, -0.15) is 0 Å². The van der Waals surface area contributed by atoms with Gasteiger partial charge in [0.15, 0.2) is 0 Å². The molecule has 0 amide bonds. The third kappa shape index (κ3) is 35.6. The van der Waals surface area contributed by atoms with Crippen molar-refractivity contribution in [3.63, 3.8) is 0 Å². The first kappa shape index (κ1) is 102. The topological polar surface area (TPSA) is 0 Å². The molecule has 12 rings (SSSR count). The molecule has 0 aliphatic carbocycles. The number of benzene rings is 12. The van der Waals surface area contributed by atoms with Crippen LogP contribution in [0.1, 0.15) is 288 Å². The van der Waals surface area contributed by atoms with E-state index < -0.39 is 0 Å². The Labute approximate surface area is 644 Å². The second-order valence-corrected chi connectivity index (χ2v) is 21.6. The first-order chi connectivity index (χ1) is 51.2. The lowest BCUT2D eigenvalue weighted by Crippen LogP contribution is -1.92. The van der Waals surface area contributed by atoms with E-state index in [2.05, 4.69) is 286 Å². The summed E-state index contributed by atoms with van der Waals surface area (Å²) < 4.78 is 0. The van der Waals surface area contributed by atoms with Crippen molar-refractivity contribution in [3.8, 4) is 11.1 Å². The Kier molecular flexibility index (Phi) is 65.8. The van der Waals surface area contributed by atoms with Gasteiger partial charge in [-0.15, -0.1) is 0 Å². The minimum absolute atomic E-state index is 1.01. The van der Waals surface area contributed by atoms with Crippen molar-refractivity contribution in [2.24, 2.45) is 0 Å². The summed E-state index contributed by atoms with van der Waals surface area (Å²) in [6.07, 6.45) is 10.8. The number of hydrogen-bond donors (Lipinski definition) is 0. The Balaban J connectivity index is -0.000000585. The molecule has 0 nitrogen and oxygen atoms in total. The second kappa shape index (κ2) is 66.9. The molecule has 0 radical (unpaired) electrons. The number of fused-ring (bicyclic) bond motifs is 6. The fourth-order valence-corrected chi connectivity index (χ4v) is 10.8. The van der Waals surface area contributed by atoms with Gasteiger partial charge in [0.1, 0.15) is 0 Å². The summed E-state index contributed by atoms with van der Waals surface area (Å²) in [5.41, 5.74) is 19.4. The van der Waals surface area contributed by atoms with E-state index in [1.54, 1.807) is 0 Å². The molecule has 0 aliphatic rings. The Morgan fingerprint density at radius 3 is 0.577 bits per heavy atom. The van der Waals surface area contributed by atoms with Gasteiger partial charge in [-0.05, 0) is 214 Å². The lowest BCUT2D eigenvalue weighted by molar-refractivity contribution is 1.11. The molecular formula is C104H154. The maximum atomic E-state index is 2.31. The Bertz CT molecular complexity index is 3710. The van der Waals surface area contributed by atoms with Crippen molar-refractivity contribution >= 4 is 53.9 Å². The van der Waals surface area contributed by atoms with Crippen molar-refractivity contribution in [3.05, 3.63) is 297 Å². The number of rotatable bonds is 13. The summed E-state index contributed by atoms with van der Waals surface area (Å²) in [4.78, 5) is 0. The van der Waals surface area contributed by atoms with Crippen LogP contribution in [0.15, 0.2) is 231 Å². The summed E-state index contributed by atoms with van der Waals surface area (Å²) in [7, 11) is 0. The van der Waals surface area contributed by atoms with Gasteiger partial charge >= 0.3 is 0 Å². The summed E-state index contributed by atoms with van der Waals surface area (Å²) in [6.45, 7) is 65.6. The highest BCUT2D eigenvalue weighted by Crippen LogP contribution is 2.30. The van der Waals surface area contributed by atoms with Crippen molar-refractivity contribution in [2.45, 2.75) is 286 Å². The molecule has 104 heavy (non-hydrogen) atoms. The lowest BCUT2D eigenvalue weighted by atomic mass is 9.98.